The van der Waals surface area contributed by atoms with Gasteiger partial charge in [-0.1, -0.05) is 19.4 Å². The van der Waals surface area contributed by atoms with Crippen LogP contribution in [0.2, 0.25) is 0 Å². The smallest absolute Gasteiger partial charge is 0.220 e. The summed E-state index contributed by atoms with van der Waals surface area (Å²) < 4.78 is 0. The van der Waals surface area contributed by atoms with E-state index in [1.165, 1.54) is 0 Å². The first kappa shape index (κ1) is 14.5. The van der Waals surface area contributed by atoms with Crippen LogP contribution >= 0.6 is 11.8 Å². The second-order valence-corrected chi connectivity index (χ2v) is 4.58. The Balaban J connectivity index is 3.43. The Morgan fingerprint density at radius 1 is 1.67 bits per heavy atom. The first-order valence-corrected chi connectivity index (χ1v) is 6.55. The Labute approximate surface area is 96.9 Å². The molecule has 0 fully saturated rings. The molecule has 1 atom stereocenters. The van der Waals surface area contributed by atoms with Gasteiger partial charge in [0.25, 0.3) is 0 Å². The van der Waals surface area contributed by atoms with E-state index in [2.05, 4.69) is 18.8 Å². The Kier molecular flexibility index (Phi) is 9.73. The van der Waals surface area contributed by atoms with Crippen molar-refractivity contribution in [2.24, 2.45) is 11.7 Å². The molecule has 0 saturated heterocycles. The van der Waals surface area contributed by atoms with Gasteiger partial charge in [-0.15, -0.1) is 6.58 Å². The second-order valence-electron chi connectivity index (χ2n) is 3.43. The summed E-state index contributed by atoms with van der Waals surface area (Å²) in [5.74, 6) is 2.32. The fourth-order valence-corrected chi connectivity index (χ4v) is 1.74. The molecule has 4 heteroatoms. The summed E-state index contributed by atoms with van der Waals surface area (Å²) in [6.45, 7) is 7.02. The quantitative estimate of drug-likeness (QED) is 0.465. The SMILES string of the molecule is C=CCSCCNC(=O)CC(CC)CN. The molecule has 15 heavy (non-hydrogen) atoms. The van der Waals surface area contributed by atoms with Crippen molar-refractivity contribution in [3.63, 3.8) is 0 Å². The molecular formula is C11H22N2OS. The predicted octanol–water partition coefficient (Wildman–Crippen LogP) is 1.40. The van der Waals surface area contributed by atoms with Crippen LogP contribution in [-0.2, 0) is 4.79 Å². The van der Waals surface area contributed by atoms with Crippen LogP contribution in [-0.4, -0.2) is 30.5 Å². The maximum absolute atomic E-state index is 11.4. The molecule has 0 saturated carbocycles. The number of rotatable bonds is 9. The number of thioether (sulfide) groups is 1. The third kappa shape index (κ3) is 8.51. The van der Waals surface area contributed by atoms with Gasteiger partial charge >= 0.3 is 0 Å². The molecule has 1 unspecified atom stereocenters. The highest BCUT2D eigenvalue weighted by molar-refractivity contribution is 7.99. The van der Waals surface area contributed by atoms with E-state index in [1.54, 1.807) is 11.8 Å². The van der Waals surface area contributed by atoms with Gasteiger partial charge in [-0.2, -0.15) is 11.8 Å². The molecule has 0 bridgehead atoms. The number of carbonyl (C=O) groups excluding carboxylic acids is 1. The molecule has 1 amide bonds. The Morgan fingerprint density at radius 2 is 2.40 bits per heavy atom. The maximum Gasteiger partial charge on any atom is 0.220 e. The van der Waals surface area contributed by atoms with Crippen LogP contribution in [0.5, 0.6) is 0 Å². The zero-order chi connectivity index (χ0) is 11.5. The molecule has 3 nitrogen and oxygen atoms in total. The zero-order valence-corrected chi connectivity index (χ0v) is 10.3. The number of nitrogens with two attached hydrogens (primary N) is 1. The molecule has 3 N–H and O–H groups in total. The number of hydrogen-bond donors (Lipinski definition) is 2. The summed E-state index contributed by atoms with van der Waals surface area (Å²) in [6, 6.07) is 0. The Morgan fingerprint density at radius 3 is 2.93 bits per heavy atom. The van der Waals surface area contributed by atoms with E-state index in [4.69, 9.17) is 5.73 Å². The monoisotopic (exact) mass is 230 g/mol. The van der Waals surface area contributed by atoms with Crippen molar-refractivity contribution >= 4 is 17.7 Å². The van der Waals surface area contributed by atoms with E-state index in [0.29, 0.717) is 18.9 Å². The number of hydrogen-bond acceptors (Lipinski definition) is 3. The average Bonchev–Trinajstić information content (AvgIpc) is 2.25. The van der Waals surface area contributed by atoms with Crippen LogP contribution in [0, 0.1) is 5.92 Å². The van der Waals surface area contributed by atoms with Gasteiger partial charge in [-0.3, -0.25) is 4.79 Å². The van der Waals surface area contributed by atoms with Gasteiger partial charge in [0.05, 0.1) is 0 Å². The first-order valence-electron chi connectivity index (χ1n) is 5.40. The topological polar surface area (TPSA) is 55.1 Å². The second kappa shape index (κ2) is 10.1. The van der Waals surface area contributed by atoms with E-state index < -0.39 is 0 Å². The largest absolute Gasteiger partial charge is 0.355 e. The number of nitrogens with one attached hydrogen (secondary N) is 1. The minimum atomic E-state index is 0.117. The fraction of sp³-hybridized carbons (Fsp3) is 0.727. The summed E-state index contributed by atoms with van der Waals surface area (Å²) in [5, 5.41) is 2.89. The Hall–Kier alpha value is -0.480. The lowest BCUT2D eigenvalue weighted by Crippen LogP contribution is -2.29. The van der Waals surface area contributed by atoms with Gasteiger partial charge in [0.2, 0.25) is 5.91 Å². The minimum absolute atomic E-state index is 0.117. The molecule has 0 aromatic heterocycles. The molecule has 0 aromatic carbocycles. The van der Waals surface area contributed by atoms with Crippen LogP contribution in [0.1, 0.15) is 19.8 Å². The number of carbonyl (C=O) groups is 1. The van der Waals surface area contributed by atoms with Crippen molar-refractivity contribution in [3.8, 4) is 0 Å². The highest BCUT2D eigenvalue weighted by Crippen LogP contribution is 2.05. The highest BCUT2D eigenvalue weighted by Gasteiger charge is 2.09. The zero-order valence-electron chi connectivity index (χ0n) is 9.50. The molecular weight excluding hydrogens is 208 g/mol. The molecule has 0 aliphatic rings. The lowest BCUT2D eigenvalue weighted by molar-refractivity contribution is -0.121. The van der Waals surface area contributed by atoms with Crippen molar-refractivity contribution in [3.05, 3.63) is 12.7 Å². The molecule has 0 heterocycles. The van der Waals surface area contributed by atoms with Gasteiger partial charge in [-0.25, -0.2) is 0 Å². The van der Waals surface area contributed by atoms with Crippen LogP contribution in [0.15, 0.2) is 12.7 Å². The Bertz CT molecular complexity index is 181. The molecule has 0 aliphatic heterocycles. The van der Waals surface area contributed by atoms with Crippen LogP contribution in [0.3, 0.4) is 0 Å². The standard InChI is InChI=1S/C11H22N2OS/c1-3-6-15-7-5-13-11(14)8-10(4-2)9-12/h3,10H,1,4-9,12H2,2H3,(H,13,14). The normalized spacial score (nSPS) is 12.1. The van der Waals surface area contributed by atoms with Gasteiger partial charge < -0.3 is 11.1 Å². The van der Waals surface area contributed by atoms with Crippen molar-refractivity contribution in [2.75, 3.05) is 24.6 Å². The molecule has 0 rings (SSSR count). The summed E-state index contributed by atoms with van der Waals surface area (Å²) in [4.78, 5) is 11.4. The van der Waals surface area contributed by atoms with Gasteiger partial charge in [-0.05, 0) is 12.5 Å². The van der Waals surface area contributed by atoms with Crippen molar-refractivity contribution in [1.82, 2.24) is 5.32 Å². The van der Waals surface area contributed by atoms with Gasteiger partial charge in [0.1, 0.15) is 0 Å². The lowest BCUT2D eigenvalue weighted by atomic mass is 10.0. The van der Waals surface area contributed by atoms with Gasteiger partial charge in [0, 0.05) is 24.5 Å². The van der Waals surface area contributed by atoms with Crippen molar-refractivity contribution in [2.45, 2.75) is 19.8 Å². The van der Waals surface area contributed by atoms with E-state index in [1.807, 2.05) is 6.08 Å². The summed E-state index contributed by atoms with van der Waals surface area (Å²) in [5.41, 5.74) is 5.53. The number of amides is 1. The summed E-state index contributed by atoms with van der Waals surface area (Å²) in [6.07, 6.45) is 3.39. The van der Waals surface area contributed by atoms with E-state index in [-0.39, 0.29) is 5.91 Å². The molecule has 0 radical (unpaired) electrons. The van der Waals surface area contributed by atoms with Crippen molar-refractivity contribution in [1.29, 1.82) is 0 Å². The average molecular weight is 230 g/mol. The minimum Gasteiger partial charge on any atom is -0.355 e. The molecule has 88 valence electrons. The van der Waals surface area contributed by atoms with E-state index in [0.717, 1.165) is 24.5 Å². The highest BCUT2D eigenvalue weighted by atomic mass is 32.2. The van der Waals surface area contributed by atoms with Crippen LogP contribution < -0.4 is 11.1 Å². The molecule has 0 aromatic rings. The fourth-order valence-electron chi connectivity index (χ4n) is 1.16. The lowest BCUT2D eigenvalue weighted by Gasteiger charge is -2.11. The van der Waals surface area contributed by atoms with Crippen LogP contribution in [0.4, 0.5) is 0 Å². The van der Waals surface area contributed by atoms with E-state index >= 15 is 0 Å². The summed E-state index contributed by atoms with van der Waals surface area (Å²) in [7, 11) is 0. The molecule has 0 aliphatic carbocycles. The van der Waals surface area contributed by atoms with Gasteiger partial charge in [0.15, 0.2) is 0 Å². The predicted molar refractivity (Wildman–Crippen MR) is 68.0 cm³/mol. The van der Waals surface area contributed by atoms with Crippen molar-refractivity contribution < 1.29 is 4.79 Å². The summed E-state index contributed by atoms with van der Waals surface area (Å²) >= 11 is 1.77. The first-order chi connectivity index (χ1) is 7.24. The maximum atomic E-state index is 11.4. The van der Waals surface area contributed by atoms with E-state index in [9.17, 15) is 4.79 Å². The van der Waals surface area contributed by atoms with Crippen LogP contribution in [0.25, 0.3) is 0 Å². The third-order valence-electron chi connectivity index (χ3n) is 2.19. The molecule has 0 spiro atoms. The third-order valence-corrected chi connectivity index (χ3v) is 3.15.